The summed E-state index contributed by atoms with van der Waals surface area (Å²) in [5.41, 5.74) is 1.43. The lowest BCUT2D eigenvalue weighted by Crippen LogP contribution is -2.48. The quantitative estimate of drug-likeness (QED) is 0.335. The summed E-state index contributed by atoms with van der Waals surface area (Å²) < 4.78 is 0. The lowest BCUT2D eigenvalue weighted by Gasteiger charge is -2.27. The molecular weight excluding hydrogens is 500 g/mol. The van der Waals surface area contributed by atoms with Crippen molar-refractivity contribution in [1.29, 1.82) is 0 Å². The van der Waals surface area contributed by atoms with Gasteiger partial charge < -0.3 is 9.80 Å². The fourth-order valence-electron chi connectivity index (χ4n) is 5.59. The average Bonchev–Trinajstić information content (AvgIpc) is 3.56. The zero-order valence-electron chi connectivity index (χ0n) is 20.3. The number of hydrogen-bond donors (Lipinski definition) is 2. The number of fused-ring (bicyclic) bond motifs is 2. The van der Waals surface area contributed by atoms with Crippen LogP contribution in [-0.4, -0.2) is 68.7 Å². The number of hydrogen-bond acceptors (Lipinski definition) is 8. The smallest absolute Gasteiger partial charge is 0.312 e. The van der Waals surface area contributed by atoms with E-state index in [0.29, 0.717) is 25.7 Å². The Labute approximate surface area is 214 Å². The van der Waals surface area contributed by atoms with Gasteiger partial charge in [0.05, 0.1) is 9.85 Å². The van der Waals surface area contributed by atoms with E-state index in [2.05, 4.69) is 10.6 Å². The van der Waals surface area contributed by atoms with Crippen molar-refractivity contribution >= 4 is 35.3 Å². The molecule has 2 atom stereocenters. The molecule has 2 aromatic carbocycles. The number of rotatable bonds is 2. The molecule has 6 rings (SSSR count). The van der Waals surface area contributed by atoms with Crippen LogP contribution in [0.5, 0.6) is 0 Å². The van der Waals surface area contributed by atoms with Crippen molar-refractivity contribution in [1.82, 2.24) is 20.4 Å². The van der Waals surface area contributed by atoms with Crippen molar-refractivity contribution in [3.63, 3.8) is 0 Å². The van der Waals surface area contributed by atoms with Crippen LogP contribution < -0.4 is 10.6 Å². The molecule has 2 aliphatic carbocycles. The number of likely N-dealkylation sites (N-methyl/N-ethyl adjacent to an activating group) is 2. The zero-order chi connectivity index (χ0) is 27.6. The van der Waals surface area contributed by atoms with Crippen LogP contribution in [0.15, 0.2) is 36.4 Å². The third-order valence-corrected chi connectivity index (χ3v) is 7.91. The Bertz CT molecular complexity index is 1360. The number of amides is 6. The van der Waals surface area contributed by atoms with E-state index >= 15 is 0 Å². The number of nitro groups is 2. The number of imide groups is 2. The fraction of sp³-hybridized carbons (Fsp3) is 0.333. The third-order valence-electron chi connectivity index (χ3n) is 7.91. The monoisotopic (exact) mass is 522 g/mol. The number of nitrogens with one attached hydrogen (secondary N) is 2. The van der Waals surface area contributed by atoms with Crippen LogP contribution in [0.4, 0.5) is 21.0 Å². The summed E-state index contributed by atoms with van der Waals surface area (Å²) in [5.74, 6) is -0.669. The van der Waals surface area contributed by atoms with Gasteiger partial charge in [0, 0.05) is 64.0 Å². The van der Waals surface area contributed by atoms with Crippen LogP contribution in [0.2, 0.25) is 0 Å². The first-order valence-corrected chi connectivity index (χ1v) is 11.6. The molecule has 0 aromatic heterocycles. The SMILES string of the molecule is CN1C(=O)NC(=O)C12Cc1ccc([N+](=O)[O-])cc1C2.CN1C(=O)NC(=O)[C@]12Cc1ccc([N+](=O)[O-])cc1C2. The normalized spacial score (nSPS) is 24.8. The Morgan fingerprint density at radius 3 is 1.29 bits per heavy atom. The highest BCUT2D eigenvalue weighted by Crippen LogP contribution is 2.39. The lowest BCUT2D eigenvalue weighted by molar-refractivity contribution is -0.385. The molecule has 2 aromatic rings. The molecule has 2 saturated heterocycles. The Morgan fingerprint density at radius 2 is 1.00 bits per heavy atom. The van der Waals surface area contributed by atoms with Crippen molar-refractivity contribution in [3.8, 4) is 0 Å². The first kappa shape index (κ1) is 24.8. The summed E-state index contributed by atoms with van der Waals surface area (Å²) in [7, 11) is 3.14. The molecular formula is C24H22N6O8. The predicted octanol–water partition coefficient (Wildman–Crippen LogP) is 1.23. The first-order chi connectivity index (χ1) is 17.9. The third kappa shape index (κ3) is 3.55. The number of carbonyl (C=O) groups excluding carboxylic acids is 4. The molecule has 6 amide bonds. The predicted molar refractivity (Wildman–Crippen MR) is 129 cm³/mol. The van der Waals surface area contributed by atoms with Crippen molar-refractivity contribution in [3.05, 3.63) is 78.9 Å². The molecule has 0 radical (unpaired) electrons. The number of carbonyl (C=O) groups is 4. The summed E-state index contributed by atoms with van der Waals surface area (Å²) in [4.78, 5) is 70.5. The van der Waals surface area contributed by atoms with Gasteiger partial charge in [-0.05, 0) is 22.3 Å². The molecule has 2 aliphatic heterocycles. The molecule has 38 heavy (non-hydrogen) atoms. The maximum Gasteiger partial charge on any atom is 0.324 e. The molecule has 0 saturated carbocycles. The summed E-state index contributed by atoms with van der Waals surface area (Å²) >= 11 is 0. The van der Waals surface area contributed by atoms with E-state index in [-0.39, 0.29) is 23.2 Å². The van der Waals surface area contributed by atoms with Crippen LogP contribution in [-0.2, 0) is 35.3 Å². The van der Waals surface area contributed by atoms with E-state index in [9.17, 15) is 39.4 Å². The van der Waals surface area contributed by atoms with Crippen LogP contribution in [0.1, 0.15) is 22.3 Å². The van der Waals surface area contributed by atoms with E-state index < -0.39 is 33.0 Å². The molecule has 14 heteroatoms. The van der Waals surface area contributed by atoms with Gasteiger partial charge in [-0.15, -0.1) is 0 Å². The van der Waals surface area contributed by atoms with Gasteiger partial charge in [0.15, 0.2) is 0 Å². The summed E-state index contributed by atoms with van der Waals surface area (Å²) in [6.45, 7) is 0. The van der Waals surface area contributed by atoms with Crippen LogP contribution in [0, 0.1) is 20.2 Å². The number of non-ortho nitro benzene ring substituents is 2. The van der Waals surface area contributed by atoms with Crippen LogP contribution in [0.25, 0.3) is 0 Å². The fourth-order valence-corrected chi connectivity index (χ4v) is 5.59. The maximum atomic E-state index is 12.0. The molecule has 2 N–H and O–H groups in total. The van der Waals surface area contributed by atoms with Crippen molar-refractivity contribution in [2.24, 2.45) is 0 Å². The summed E-state index contributed by atoms with van der Waals surface area (Å²) in [6.07, 6.45) is 1.43. The molecule has 2 spiro atoms. The Kier molecular flexibility index (Phi) is 5.43. The molecule has 2 heterocycles. The van der Waals surface area contributed by atoms with Gasteiger partial charge in [-0.3, -0.25) is 40.5 Å². The second kappa shape index (κ2) is 8.33. The molecule has 14 nitrogen and oxygen atoms in total. The van der Waals surface area contributed by atoms with Crippen LogP contribution >= 0.6 is 0 Å². The largest absolute Gasteiger partial charge is 0.324 e. The molecule has 4 aliphatic rings. The molecule has 196 valence electrons. The van der Waals surface area contributed by atoms with E-state index in [1.165, 1.54) is 34.1 Å². The van der Waals surface area contributed by atoms with Gasteiger partial charge in [0.1, 0.15) is 11.1 Å². The summed E-state index contributed by atoms with van der Waals surface area (Å²) in [6, 6.07) is 8.28. The van der Waals surface area contributed by atoms with Gasteiger partial charge >= 0.3 is 12.1 Å². The first-order valence-electron chi connectivity index (χ1n) is 11.6. The van der Waals surface area contributed by atoms with Gasteiger partial charge in [-0.25, -0.2) is 9.59 Å². The van der Waals surface area contributed by atoms with Gasteiger partial charge in [-0.2, -0.15) is 0 Å². The molecule has 1 unspecified atom stereocenters. The van der Waals surface area contributed by atoms with Crippen molar-refractivity contribution < 1.29 is 29.0 Å². The number of nitrogens with zero attached hydrogens (tertiary/aromatic N) is 4. The highest BCUT2D eigenvalue weighted by molar-refractivity contribution is 6.08. The average molecular weight is 522 g/mol. The number of benzene rings is 2. The van der Waals surface area contributed by atoms with E-state index in [1.807, 2.05) is 0 Å². The zero-order valence-corrected chi connectivity index (χ0v) is 20.3. The molecule has 2 fully saturated rings. The minimum atomic E-state index is -0.922. The van der Waals surface area contributed by atoms with Gasteiger partial charge in [0.2, 0.25) is 0 Å². The van der Waals surface area contributed by atoms with Crippen molar-refractivity contribution in [2.45, 2.75) is 36.8 Å². The minimum absolute atomic E-state index is 0.00295. The van der Waals surface area contributed by atoms with Gasteiger partial charge in [-0.1, -0.05) is 12.1 Å². The van der Waals surface area contributed by atoms with Crippen LogP contribution in [0.3, 0.4) is 0 Å². The van der Waals surface area contributed by atoms with Crippen molar-refractivity contribution in [2.75, 3.05) is 14.1 Å². The Balaban J connectivity index is 0.000000155. The van der Waals surface area contributed by atoms with Gasteiger partial charge in [0.25, 0.3) is 23.2 Å². The maximum absolute atomic E-state index is 12.0. The standard InChI is InChI=1S/2C12H11N3O4/c2*1-14-11(17)13-10(16)12(14)5-7-2-3-9(15(18)19)4-8(7)6-12/h2*2-4H,5-6H2,1H3,(H,13,16,17)/t12-;/m1./s1. The molecule has 0 bridgehead atoms. The topological polar surface area (TPSA) is 185 Å². The summed E-state index contributed by atoms with van der Waals surface area (Å²) in [5, 5.41) is 26.1. The highest BCUT2D eigenvalue weighted by Gasteiger charge is 2.55. The number of nitro benzene ring substituents is 2. The van der Waals surface area contributed by atoms with E-state index in [0.717, 1.165) is 22.3 Å². The van der Waals surface area contributed by atoms with E-state index in [4.69, 9.17) is 0 Å². The Hall–Kier alpha value is -4.88. The lowest BCUT2D eigenvalue weighted by atomic mass is 9.95. The minimum Gasteiger partial charge on any atom is -0.312 e. The second-order valence-corrected chi connectivity index (χ2v) is 9.83. The highest BCUT2D eigenvalue weighted by atomic mass is 16.6. The second-order valence-electron chi connectivity index (χ2n) is 9.83. The van der Waals surface area contributed by atoms with E-state index in [1.54, 1.807) is 26.2 Å². The number of urea groups is 2. The Morgan fingerprint density at radius 1 is 0.658 bits per heavy atom.